The third-order valence-corrected chi connectivity index (χ3v) is 3.17. The molecule has 3 N–H and O–H groups in total. The number of nitrogens with one attached hydrogen (secondary N) is 3. The van der Waals surface area contributed by atoms with Gasteiger partial charge < -0.3 is 20.4 Å². The highest BCUT2D eigenvalue weighted by atomic mass is 16.5. The number of methoxy groups -OCH3 is 1. The van der Waals surface area contributed by atoms with Crippen molar-refractivity contribution >= 4 is 11.9 Å². The van der Waals surface area contributed by atoms with E-state index in [-0.39, 0.29) is 11.9 Å². The number of amides is 1. The summed E-state index contributed by atoms with van der Waals surface area (Å²) in [5.41, 5.74) is 1.38. The zero-order chi connectivity index (χ0) is 14.4. The Hall–Kier alpha value is -1.82. The van der Waals surface area contributed by atoms with Gasteiger partial charge in [-0.15, -0.1) is 0 Å². The lowest BCUT2D eigenvalue weighted by molar-refractivity contribution is -0.121. The number of carbonyl (C=O) groups is 2. The van der Waals surface area contributed by atoms with Gasteiger partial charge in [-0.1, -0.05) is 0 Å². The van der Waals surface area contributed by atoms with Gasteiger partial charge in [0, 0.05) is 24.7 Å². The third-order valence-electron chi connectivity index (χ3n) is 3.17. The van der Waals surface area contributed by atoms with Gasteiger partial charge in [-0.2, -0.15) is 0 Å². The van der Waals surface area contributed by atoms with Gasteiger partial charge in [-0.3, -0.25) is 4.79 Å². The van der Waals surface area contributed by atoms with Gasteiger partial charge in [-0.05, 0) is 37.9 Å². The molecular weight excluding hydrogens is 258 g/mol. The second kappa shape index (κ2) is 7.09. The number of esters is 1. The second-order valence-electron chi connectivity index (χ2n) is 5.01. The number of ether oxygens (including phenoxy) is 1. The van der Waals surface area contributed by atoms with Crippen molar-refractivity contribution in [3.8, 4) is 0 Å². The zero-order valence-electron chi connectivity index (χ0n) is 11.7. The van der Waals surface area contributed by atoms with Crippen molar-refractivity contribution in [3.05, 3.63) is 23.5 Å². The van der Waals surface area contributed by atoms with Crippen molar-refractivity contribution in [1.82, 2.24) is 15.6 Å². The Labute approximate surface area is 118 Å². The maximum Gasteiger partial charge on any atom is 0.354 e. The standard InChI is InChI=1S/C14H21N3O3/c1-20-14(19)12-7-6-11(16-12)9-15-8-2-3-13(18)17-10-4-5-10/h6-7,10,15-16H,2-5,8-9H2,1H3,(H,17,18). The molecule has 6 nitrogen and oxygen atoms in total. The van der Waals surface area contributed by atoms with Crippen LogP contribution in [0.4, 0.5) is 0 Å². The van der Waals surface area contributed by atoms with E-state index in [1.807, 2.05) is 6.07 Å². The van der Waals surface area contributed by atoms with E-state index in [0.29, 0.717) is 24.7 Å². The monoisotopic (exact) mass is 279 g/mol. The highest BCUT2D eigenvalue weighted by Gasteiger charge is 2.22. The summed E-state index contributed by atoms with van der Waals surface area (Å²) < 4.78 is 4.62. The molecule has 1 amide bonds. The van der Waals surface area contributed by atoms with Gasteiger partial charge in [0.1, 0.15) is 5.69 Å². The molecule has 1 aliphatic carbocycles. The highest BCUT2D eigenvalue weighted by molar-refractivity contribution is 5.87. The lowest BCUT2D eigenvalue weighted by Crippen LogP contribution is -2.26. The first-order valence-electron chi connectivity index (χ1n) is 6.95. The number of H-pyrrole nitrogens is 1. The van der Waals surface area contributed by atoms with Crippen LogP contribution >= 0.6 is 0 Å². The Morgan fingerprint density at radius 1 is 1.40 bits per heavy atom. The predicted molar refractivity (Wildman–Crippen MR) is 74.2 cm³/mol. The van der Waals surface area contributed by atoms with Gasteiger partial charge in [-0.25, -0.2) is 4.79 Å². The number of aromatic amines is 1. The molecule has 6 heteroatoms. The second-order valence-corrected chi connectivity index (χ2v) is 5.01. The maximum atomic E-state index is 11.4. The first kappa shape index (κ1) is 14.6. The fourth-order valence-electron chi connectivity index (χ4n) is 1.90. The molecule has 0 unspecified atom stereocenters. The Balaban J connectivity index is 1.57. The summed E-state index contributed by atoms with van der Waals surface area (Å²) in [5.74, 6) is -0.227. The molecule has 2 rings (SSSR count). The van der Waals surface area contributed by atoms with Crippen LogP contribution in [-0.4, -0.2) is 36.6 Å². The Morgan fingerprint density at radius 2 is 2.20 bits per heavy atom. The highest BCUT2D eigenvalue weighted by Crippen LogP contribution is 2.18. The minimum atomic E-state index is -0.368. The fraction of sp³-hybridized carbons (Fsp3) is 0.571. The molecule has 1 saturated carbocycles. The smallest absolute Gasteiger partial charge is 0.354 e. The van der Waals surface area contributed by atoms with Crippen LogP contribution in [0.5, 0.6) is 0 Å². The van der Waals surface area contributed by atoms with Crippen LogP contribution in [0, 0.1) is 0 Å². The average molecular weight is 279 g/mol. The van der Waals surface area contributed by atoms with Gasteiger partial charge in [0.25, 0.3) is 0 Å². The molecule has 0 bridgehead atoms. The van der Waals surface area contributed by atoms with Gasteiger partial charge in [0.05, 0.1) is 7.11 Å². The SMILES string of the molecule is COC(=O)c1ccc(CNCCCC(=O)NC2CC2)[nH]1. The lowest BCUT2D eigenvalue weighted by Gasteiger charge is -2.04. The molecule has 0 aliphatic heterocycles. The van der Waals surface area contributed by atoms with Gasteiger partial charge in [0.2, 0.25) is 5.91 Å². The molecule has 0 atom stereocenters. The third kappa shape index (κ3) is 4.70. The summed E-state index contributed by atoms with van der Waals surface area (Å²) in [6.45, 7) is 1.41. The van der Waals surface area contributed by atoms with Crippen LogP contribution in [0.2, 0.25) is 0 Å². The molecule has 1 fully saturated rings. The summed E-state index contributed by atoms with van der Waals surface area (Å²) >= 11 is 0. The lowest BCUT2D eigenvalue weighted by atomic mass is 10.3. The quantitative estimate of drug-likeness (QED) is 0.489. The maximum absolute atomic E-state index is 11.4. The van der Waals surface area contributed by atoms with Crippen LogP contribution in [0.15, 0.2) is 12.1 Å². The summed E-state index contributed by atoms with van der Waals surface area (Å²) in [6.07, 6.45) is 3.61. The molecule has 0 saturated heterocycles. The first-order chi connectivity index (χ1) is 9.69. The summed E-state index contributed by atoms with van der Waals surface area (Å²) in [7, 11) is 1.35. The number of carbonyl (C=O) groups excluding carboxylic acids is 2. The largest absolute Gasteiger partial charge is 0.464 e. The van der Waals surface area contributed by atoms with E-state index >= 15 is 0 Å². The molecule has 0 aromatic carbocycles. The van der Waals surface area contributed by atoms with E-state index in [1.54, 1.807) is 6.07 Å². The summed E-state index contributed by atoms with van der Waals surface area (Å²) in [5, 5.41) is 6.19. The van der Waals surface area contributed by atoms with Crippen LogP contribution in [0.25, 0.3) is 0 Å². The molecule has 110 valence electrons. The van der Waals surface area contributed by atoms with Crippen molar-refractivity contribution in [3.63, 3.8) is 0 Å². The van der Waals surface area contributed by atoms with Crippen molar-refractivity contribution in [2.75, 3.05) is 13.7 Å². The Bertz CT molecular complexity index is 466. The average Bonchev–Trinajstić information content (AvgIpc) is 3.12. The topological polar surface area (TPSA) is 83.2 Å². The van der Waals surface area contributed by atoms with Gasteiger partial charge >= 0.3 is 5.97 Å². The number of hydrogen-bond donors (Lipinski definition) is 3. The number of rotatable bonds is 8. The van der Waals surface area contributed by atoms with Crippen LogP contribution in [0.1, 0.15) is 41.9 Å². The van der Waals surface area contributed by atoms with E-state index in [2.05, 4.69) is 20.4 Å². The van der Waals surface area contributed by atoms with E-state index in [0.717, 1.165) is 31.5 Å². The predicted octanol–water partition coefficient (Wildman–Crippen LogP) is 0.950. The molecular formula is C14H21N3O3. The number of hydrogen-bond acceptors (Lipinski definition) is 4. The Morgan fingerprint density at radius 3 is 2.90 bits per heavy atom. The Kier molecular flexibility index (Phi) is 5.17. The fourth-order valence-corrected chi connectivity index (χ4v) is 1.90. The van der Waals surface area contributed by atoms with Crippen molar-refractivity contribution in [2.24, 2.45) is 0 Å². The van der Waals surface area contributed by atoms with Crippen LogP contribution < -0.4 is 10.6 Å². The summed E-state index contributed by atoms with van der Waals surface area (Å²) in [6, 6.07) is 3.98. The molecule has 0 spiro atoms. The van der Waals surface area contributed by atoms with E-state index in [9.17, 15) is 9.59 Å². The minimum absolute atomic E-state index is 0.141. The molecule has 1 aromatic rings. The van der Waals surface area contributed by atoms with Crippen LogP contribution in [-0.2, 0) is 16.1 Å². The molecule has 1 aliphatic rings. The van der Waals surface area contributed by atoms with Gasteiger partial charge in [0.15, 0.2) is 0 Å². The zero-order valence-corrected chi connectivity index (χ0v) is 11.7. The first-order valence-corrected chi connectivity index (χ1v) is 6.95. The molecule has 1 aromatic heterocycles. The molecule has 0 radical (unpaired) electrons. The minimum Gasteiger partial charge on any atom is -0.464 e. The van der Waals surface area contributed by atoms with E-state index in [4.69, 9.17) is 0 Å². The normalized spacial score (nSPS) is 14.1. The van der Waals surface area contributed by atoms with Crippen molar-refractivity contribution in [1.29, 1.82) is 0 Å². The molecule has 1 heterocycles. The van der Waals surface area contributed by atoms with E-state index < -0.39 is 0 Å². The number of aromatic nitrogens is 1. The summed E-state index contributed by atoms with van der Waals surface area (Å²) in [4.78, 5) is 25.7. The van der Waals surface area contributed by atoms with E-state index in [1.165, 1.54) is 7.11 Å². The van der Waals surface area contributed by atoms with Crippen molar-refractivity contribution < 1.29 is 14.3 Å². The van der Waals surface area contributed by atoms with Crippen LogP contribution in [0.3, 0.4) is 0 Å². The molecule has 20 heavy (non-hydrogen) atoms. The van der Waals surface area contributed by atoms with Crippen molar-refractivity contribution in [2.45, 2.75) is 38.3 Å².